The zero-order chi connectivity index (χ0) is 11.5. The smallest absolute Gasteiger partial charge is 0.146 e. The summed E-state index contributed by atoms with van der Waals surface area (Å²) in [5, 5.41) is 12.5. The molecule has 4 heteroatoms. The highest BCUT2D eigenvalue weighted by molar-refractivity contribution is 6.30. The predicted octanol–water partition coefficient (Wildman–Crippen LogP) is 2.34. The predicted molar refractivity (Wildman–Crippen MR) is 59.4 cm³/mol. The monoisotopic (exact) mass is 231 g/mol. The maximum Gasteiger partial charge on any atom is 0.146 e. The molecule has 0 aliphatic heterocycles. The molecule has 84 valence electrons. The van der Waals surface area contributed by atoms with Crippen LogP contribution >= 0.6 is 11.6 Å². The fourth-order valence-corrected chi connectivity index (χ4v) is 1.38. The van der Waals surface area contributed by atoms with E-state index in [4.69, 9.17) is 11.6 Å². The van der Waals surface area contributed by atoms with Gasteiger partial charge in [-0.3, -0.25) is 0 Å². The van der Waals surface area contributed by atoms with Gasteiger partial charge in [0, 0.05) is 18.7 Å². The Hall–Kier alpha value is -0.640. The van der Waals surface area contributed by atoms with Crippen molar-refractivity contribution in [1.29, 1.82) is 0 Å². The van der Waals surface area contributed by atoms with Crippen molar-refractivity contribution in [1.82, 2.24) is 5.32 Å². The van der Waals surface area contributed by atoms with E-state index in [-0.39, 0.29) is 5.02 Å². The highest BCUT2D eigenvalue weighted by atomic mass is 35.5. The first-order valence-electron chi connectivity index (χ1n) is 4.76. The summed E-state index contributed by atoms with van der Waals surface area (Å²) in [7, 11) is 0. The van der Waals surface area contributed by atoms with Crippen LogP contribution in [0.25, 0.3) is 0 Å². The number of aliphatic hydroxyl groups is 1. The number of nitrogens with one attached hydrogen (secondary N) is 1. The van der Waals surface area contributed by atoms with Gasteiger partial charge in [0.05, 0.1) is 10.6 Å². The normalized spacial score (nSPS) is 11.8. The van der Waals surface area contributed by atoms with Gasteiger partial charge in [-0.05, 0) is 19.9 Å². The molecule has 2 nitrogen and oxygen atoms in total. The first-order chi connectivity index (χ1) is 6.90. The number of hydrogen-bond acceptors (Lipinski definition) is 2. The molecule has 0 spiro atoms. The van der Waals surface area contributed by atoms with Crippen molar-refractivity contribution >= 4 is 11.6 Å². The molecule has 15 heavy (non-hydrogen) atoms. The van der Waals surface area contributed by atoms with E-state index in [0.717, 1.165) is 0 Å². The first-order valence-corrected chi connectivity index (χ1v) is 5.14. The Morgan fingerprint density at radius 3 is 2.73 bits per heavy atom. The lowest BCUT2D eigenvalue weighted by Gasteiger charge is -2.17. The molecule has 2 N–H and O–H groups in total. The van der Waals surface area contributed by atoms with Crippen LogP contribution in [0.5, 0.6) is 0 Å². The van der Waals surface area contributed by atoms with Crippen LogP contribution in [0, 0.1) is 5.82 Å². The van der Waals surface area contributed by atoms with Crippen LogP contribution in [0.15, 0.2) is 18.2 Å². The molecule has 0 atom stereocenters. The topological polar surface area (TPSA) is 32.3 Å². The molecule has 0 aliphatic rings. The molecule has 0 saturated heterocycles. The Labute approximate surface area is 94.1 Å². The summed E-state index contributed by atoms with van der Waals surface area (Å²) < 4.78 is 13.4. The minimum Gasteiger partial charge on any atom is -0.389 e. The Morgan fingerprint density at radius 2 is 2.13 bits per heavy atom. The van der Waals surface area contributed by atoms with E-state index in [0.29, 0.717) is 18.7 Å². The molecule has 0 heterocycles. The molecule has 0 unspecified atom stereocenters. The zero-order valence-corrected chi connectivity index (χ0v) is 9.61. The second-order valence-corrected chi connectivity index (χ2v) is 4.54. The average molecular weight is 232 g/mol. The lowest BCUT2D eigenvalue weighted by Crippen LogP contribution is -2.34. The first kappa shape index (κ1) is 12.4. The van der Waals surface area contributed by atoms with Crippen LogP contribution in [0.2, 0.25) is 5.02 Å². The van der Waals surface area contributed by atoms with Gasteiger partial charge >= 0.3 is 0 Å². The van der Waals surface area contributed by atoms with Gasteiger partial charge in [0.2, 0.25) is 0 Å². The van der Waals surface area contributed by atoms with Gasteiger partial charge in [-0.2, -0.15) is 0 Å². The van der Waals surface area contributed by atoms with E-state index in [1.54, 1.807) is 26.0 Å². The van der Waals surface area contributed by atoms with Crippen molar-refractivity contribution in [3.8, 4) is 0 Å². The molecule has 0 fully saturated rings. The van der Waals surface area contributed by atoms with Crippen molar-refractivity contribution < 1.29 is 9.50 Å². The third-order valence-electron chi connectivity index (χ3n) is 1.90. The molecule has 1 aromatic carbocycles. The summed E-state index contributed by atoms with van der Waals surface area (Å²) in [4.78, 5) is 0. The summed E-state index contributed by atoms with van der Waals surface area (Å²) in [5.41, 5.74) is -0.290. The van der Waals surface area contributed by atoms with Crippen LogP contribution in [-0.4, -0.2) is 17.3 Å². The van der Waals surface area contributed by atoms with Crippen LogP contribution in [0.4, 0.5) is 4.39 Å². The van der Waals surface area contributed by atoms with Crippen molar-refractivity contribution in [3.05, 3.63) is 34.6 Å². The molecule has 0 bridgehead atoms. The Kier molecular flexibility index (Phi) is 4.08. The molecule has 0 aromatic heterocycles. The number of halogens is 2. The largest absolute Gasteiger partial charge is 0.389 e. The third kappa shape index (κ3) is 4.16. The minimum atomic E-state index is -0.797. The molecule has 1 rings (SSSR count). The van der Waals surface area contributed by atoms with Gasteiger partial charge in [0.15, 0.2) is 0 Å². The molecule has 0 radical (unpaired) electrons. The maximum atomic E-state index is 13.4. The second-order valence-electron chi connectivity index (χ2n) is 4.13. The van der Waals surface area contributed by atoms with Crippen molar-refractivity contribution in [2.45, 2.75) is 26.0 Å². The Morgan fingerprint density at radius 1 is 1.47 bits per heavy atom. The van der Waals surface area contributed by atoms with Gasteiger partial charge in [0.25, 0.3) is 0 Å². The van der Waals surface area contributed by atoms with E-state index in [9.17, 15) is 9.50 Å². The molecular weight excluding hydrogens is 217 g/mol. The summed E-state index contributed by atoms with van der Waals surface area (Å²) >= 11 is 5.63. The molecular formula is C11H15ClFNO. The number of rotatable bonds is 4. The van der Waals surface area contributed by atoms with E-state index in [2.05, 4.69) is 5.32 Å². The summed E-state index contributed by atoms with van der Waals surface area (Å²) in [6.45, 7) is 4.14. The lowest BCUT2D eigenvalue weighted by atomic mass is 10.1. The van der Waals surface area contributed by atoms with Crippen LogP contribution < -0.4 is 5.32 Å². The number of benzene rings is 1. The third-order valence-corrected chi connectivity index (χ3v) is 2.20. The van der Waals surface area contributed by atoms with Gasteiger partial charge in [0.1, 0.15) is 5.82 Å². The highest BCUT2D eigenvalue weighted by Gasteiger charge is 2.12. The summed E-state index contributed by atoms with van der Waals surface area (Å²) in [6, 6.07) is 4.88. The lowest BCUT2D eigenvalue weighted by molar-refractivity contribution is 0.0794. The van der Waals surface area contributed by atoms with E-state index < -0.39 is 11.4 Å². The van der Waals surface area contributed by atoms with Gasteiger partial charge in [-0.25, -0.2) is 4.39 Å². The molecule has 0 amide bonds. The SMILES string of the molecule is CC(C)(O)CNCc1cccc(Cl)c1F. The summed E-state index contributed by atoms with van der Waals surface area (Å²) in [6.07, 6.45) is 0. The fourth-order valence-electron chi connectivity index (χ4n) is 1.19. The molecule has 0 aliphatic carbocycles. The van der Waals surface area contributed by atoms with Crippen molar-refractivity contribution in [2.24, 2.45) is 0 Å². The molecule has 0 saturated carbocycles. The summed E-state index contributed by atoms with van der Waals surface area (Å²) in [5.74, 6) is -0.401. The quantitative estimate of drug-likeness (QED) is 0.834. The van der Waals surface area contributed by atoms with Crippen LogP contribution in [-0.2, 0) is 6.54 Å². The van der Waals surface area contributed by atoms with Crippen LogP contribution in [0.3, 0.4) is 0 Å². The maximum absolute atomic E-state index is 13.4. The van der Waals surface area contributed by atoms with E-state index in [1.165, 1.54) is 6.07 Å². The zero-order valence-electron chi connectivity index (χ0n) is 8.85. The average Bonchev–Trinajstić information content (AvgIpc) is 2.10. The van der Waals surface area contributed by atoms with E-state index >= 15 is 0 Å². The van der Waals surface area contributed by atoms with Gasteiger partial charge in [-0.15, -0.1) is 0 Å². The second kappa shape index (κ2) is 4.92. The minimum absolute atomic E-state index is 0.123. The van der Waals surface area contributed by atoms with Crippen molar-refractivity contribution in [3.63, 3.8) is 0 Å². The number of hydrogen-bond donors (Lipinski definition) is 2. The Balaban J connectivity index is 2.55. The Bertz CT molecular complexity index is 336. The van der Waals surface area contributed by atoms with Gasteiger partial charge < -0.3 is 10.4 Å². The van der Waals surface area contributed by atoms with Gasteiger partial charge in [-0.1, -0.05) is 23.7 Å². The highest BCUT2D eigenvalue weighted by Crippen LogP contribution is 2.17. The van der Waals surface area contributed by atoms with Crippen LogP contribution in [0.1, 0.15) is 19.4 Å². The van der Waals surface area contributed by atoms with Crippen molar-refractivity contribution in [2.75, 3.05) is 6.54 Å². The molecule has 1 aromatic rings. The van der Waals surface area contributed by atoms with E-state index in [1.807, 2.05) is 0 Å². The standard InChI is InChI=1S/C11H15ClFNO/c1-11(2,15)7-14-6-8-4-3-5-9(12)10(8)13/h3-5,14-15H,6-7H2,1-2H3. The fraction of sp³-hybridized carbons (Fsp3) is 0.455.